The quantitative estimate of drug-likeness (QED) is 0.807. The van der Waals surface area contributed by atoms with Crippen LogP contribution in [0.2, 0.25) is 0 Å². The first-order valence-corrected chi connectivity index (χ1v) is 9.44. The van der Waals surface area contributed by atoms with Crippen molar-refractivity contribution in [3.05, 3.63) is 41.3 Å². The molecule has 0 aliphatic carbocycles. The fraction of sp³-hybridized carbons (Fsp3) is 0.550. The van der Waals surface area contributed by atoms with Crippen LogP contribution in [-0.4, -0.2) is 63.0 Å². The number of hydrogen-bond acceptors (Lipinski definition) is 6. The summed E-state index contributed by atoms with van der Waals surface area (Å²) in [5, 5.41) is 2.81. The number of ether oxygens (including phenoxy) is 3. The van der Waals surface area contributed by atoms with Crippen molar-refractivity contribution in [1.29, 1.82) is 0 Å². The zero-order valence-corrected chi connectivity index (χ0v) is 15.9. The van der Waals surface area contributed by atoms with Crippen molar-refractivity contribution in [1.82, 2.24) is 15.1 Å². The van der Waals surface area contributed by atoms with E-state index in [2.05, 4.69) is 28.4 Å². The van der Waals surface area contributed by atoms with Crippen molar-refractivity contribution < 1.29 is 19.0 Å². The molecule has 146 valence electrons. The van der Waals surface area contributed by atoms with E-state index >= 15 is 0 Å². The van der Waals surface area contributed by atoms with Crippen LogP contribution in [0.1, 0.15) is 11.1 Å². The van der Waals surface area contributed by atoms with Crippen LogP contribution in [-0.2, 0) is 27.2 Å². The molecular weight excluding hydrogens is 346 g/mol. The van der Waals surface area contributed by atoms with Gasteiger partial charge in [-0.05, 0) is 17.2 Å². The summed E-state index contributed by atoms with van der Waals surface area (Å²) in [6.45, 7) is 4.09. The monoisotopic (exact) mass is 373 g/mol. The largest absolute Gasteiger partial charge is 0.493 e. The standard InChI is InChI=1S/C20H27N3O4/c1-21-20(24)17-10-22(8-14-3-4-18-15(7-14)5-6-26-18)9-16(17)19-11-23(12-25-2)13-27-19/h3-4,7,11,16-17H,5-6,8-10,12-13H2,1-2H3,(H,21,24). The summed E-state index contributed by atoms with van der Waals surface area (Å²) >= 11 is 0. The first kappa shape index (κ1) is 18.1. The first-order valence-electron chi connectivity index (χ1n) is 9.44. The summed E-state index contributed by atoms with van der Waals surface area (Å²) < 4.78 is 16.6. The lowest BCUT2D eigenvalue weighted by Gasteiger charge is -2.17. The minimum Gasteiger partial charge on any atom is -0.493 e. The van der Waals surface area contributed by atoms with Gasteiger partial charge in [-0.1, -0.05) is 12.1 Å². The molecule has 3 aliphatic rings. The third kappa shape index (κ3) is 3.75. The number of nitrogens with one attached hydrogen (secondary N) is 1. The summed E-state index contributed by atoms with van der Waals surface area (Å²) in [6, 6.07) is 6.42. The van der Waals surface area contributed by atoms with Gasteiger partial charge in [0.25, 0.3) is 0 Å². The number of rotatable bonds is 6. The van der Waals surface area contributed by atoms with Gasteiger partial charge in [-0.15, -0.1) is 0 Å². The highest BCUT2D eigenvalue weighted by atomic mass is 16.5. The first-order chi connectivity index (χ1) is 13.2. The lowest BCUT2D eigenvalue weighted by atomic mass is 9.93. The molecule has 1 saturated heterocycles. The molecule has 4 rings (SSSR count). The summed E-state index contributed by atoms with van der Waals surface area (Å²) in [5.41, 5.74) is 2.54. The average molecular weight is 373 g/mol. The molecule has 7 heteroatoms. The van der Waals surface area contributed by atoms with Gasteiger partial charge in [0.2, 0.25) is 5.91 Å². The normalized spacial score (nSPS) is 24.4. The second-order valence-electron chi connectivity index (χ2n) is 7.37. The molecule has 2 atom stereocenters. The number of carbonyl (C=O) groups is 1. The topological polar surface area (TPSA) is 63.3 Å². The molecule has 1 amide bonds. The molecule has 1 N–H and O–H groups in total. The highest BCUT2D eigenvalue weighted by molar-refractivity contribution is 5.79. The summed E-state index contributed by atoms with van der Waals surface area (Å²) in [5.74, 6) is 1.90. The highest BCUT2D eigenvalue weighted by Crippen LogP contribution is 2.34. The molecule has 1 fully saturated rings. The zero-order chi connectivity index (χ0) is 18.8. The number of amides is 1. The third-order valence-corrected chi connectivity index (χ3v) is 5.51. The minimum atomic E-state index is -0.110. The van der Waals surface area contributed by atoms with Gasteiger partial charge in [-0.25, -0.2) is 0 Å². The van der Waals surface area contributed by atoms with Gasteiger partial charge in [-0.3, -0.25) is 9.69 Å². The second kappa shape index (κ2) is 7.78. The van der Waals surface area contributed by atoms with E-state index in [1.807, 2.05) is 11.1 Å². The van der Waals surface area contributed by atoms with Crippen LogP contribution in [0, 0.1) is 11.8 Å². The van der Waals surface area contributed by atoms with E-state index in [1.165, 1.54) is 11.1 Å². The van der Waals surface area contributed by atoms with E-state index in [9.17, 15) is 4.79 Å². The molecule has 3 heterocycles. The van der Waals surface area contributed by atoms with E-state index in [0.717, 1.165) is 44.2 Å². The third-order valence-electron chi connectivity index (χ3n) is 5.51. The molecule has 1 aromatic rings. The Kier molecular flexibility index (Phi) is 5.22. The van der Waals surface area contributed by atoms with Crippen molar-refractivity contribution in [3.8, 4) is 5.75 Å². The van der Waals surface area contributed by atoms with Crippen LogP contribution in [0.25, 0.3) is 0 Å². The highest BCUT2D eigenvalue weighted by Gasteiger charge is 2.41. The van der Waals surface area contributed by atoms with E-state index in [4.69, 9.17) is 14.2 Å². The van der Waals surface area contributed by atoms with Gasteiger partial charge in [0, 0.05) is 52.3 Å². The van der Waals surface area contributed by atoms with Crippen LogP contribution in [0.4, 0.5) is 0 Å². The van der Waals surface area contributed by atoms with Crippen molar-refractivity contribution in [2.45, 2.75) is 13.0 Å². The molecule has 0 radical (unpaired) electrons. The molecule has 0 bridgehead atoms. The van der Waals surface area contributed by atoms with Crippen LogP contribution in [0.3, 0.4) is 0 Å². The minimum absolute atomic E-state index is 0.0598. The number of methoxy groups -OCH3 is 1. The molecule has 27 heavy (non-hydrogen) atoms. The maximum atomic E-state index is 12.5. The van der Waals surface area contributed by atoms with Crippen LogP contribution < -0.4 is 10.1 Å². The van der Waals surface area contributed by atoms with Crippen molar-refractivity contribution >= 4 is 5.91 Å². The Morgan fingerprint density at radius 3 is 3.04 bits per heavy atom. The molecular formula is C20H27N3O4. The van der Waals surface area contributed by atoms with Gasteiger partial charge in [0.15, 0.2) is 6.73 Å². The van der Waals surface area contributed by atoms with Crippen LogP contribution in [0.5, 0.6) is 5.75 Å². The van der Waals surface area contributed by atoms with Gasteiger partial charge in [0.05, 0.1) is 12.5 Å². The number of fused-ring (bicyclic) bond motifs is 1. The van der Waals surface area contributed by atoms with Gasteiger partial charge in [0.1, 0.15) is 18.2 Å². The summed E-state index contributed by atoms with van der Waals surface area (Å²) in [4.78, 5) is 16.8. The predicted molar refractivity (Wildman–Crippen MR) is 99.7 cm³/mol. The Morgan fingerprint density at radius 1 is 1.33 bits per heavy atom. The van der Waals surface area contributed by atoms with Gasteiger partial charge >= 0.3 is 0 Å². The molecule has 3 aliphatic heterocycles. The molecule has 2 unspecified atom stereocenters. The van der Waals surface area contributed by atoms with Crippen LogP contribution >= 0.6 is 0 Å². The van der Waals surface area contributed by atoms with Crippen molar-refractivity contribution in [2.24, 2.45) is 11.8 Å². The lowest BCUT2D eigenvalue weighted by molar-refractivity contribution is -0.125. The Hall–Kier alpha value is -2.25. The number of hydrogen-bond donors (Lipinski definition) is 1. The van der Waals surface area contributed by atoms with Crippen molar-refractivity contribution in [3.63, 3.8) is 0 Å². The van der Waals surface area contributed by atoms with Crippen molar-refractivity contribution in [2.75, 3.05) is 47.3 Å². The molecule has 7 nitrogen and oxygen atoms in total. The van der Waals surface area contributed by atoms with E-state index in [-0.39, 0.29) is 17.7 Å². The van der Waals surface area contributed by atoms with E-state index in [0.29, 0.717) is 13.5 Å². The van der Waals surface area contributed by atoms with E-state index < -0.39 is 0 Å². The zero-order valence-electron chi connectivity index (χ0n) is 15.9. The maximum Gasteiger partial charge on any atom is 0.224 e. The maximum absolute atomic E-state index is 12.5. The Morgan fingerprint density at radius 2 is 2.22 bits per heavy atom. The fourth-order valence-corrected chi connectivity index (χ4v) is 4.21. The SMILES string of the molecule is CNC(=O)C1CN(Cc2ccc3c(c2)CCO3)CC1C1=CN(COC)CO1. The van der Waals surface area contributed by atoms with Crippen LogP contribution in [0.15, 0.2) is 30.2 Å². The summed E-state index contributed by atoms with van der Waals surface area (Å²) in [7, 11) is 3.36. The number of benzene rings is 1. The number of nitrogens with zero attached hydrogens (tertiary/aromatic N) is 2. The Labute approximate surface area is 159 Å². The lowest BCUT2D eigenvalue weighted by Crippen LogP contribution is -2.33. The predicted octanol–water partition coefficient (Wildman–Crippen LogP) is 1.15. The van der Waals surface area contributed by atoms with Gasteiger partial charge in [-0.2, -0.15) is 0 Å². The molecule has 0 aromatic heterocycles. The Bertz CT molecular complexity index is 736. The fourth-order valence-electron chi connectivity index (χ4n) is 4.21. The average Bonchev–Trinajstić information content (AvgIpc) is 3.40. The summed E-state index contributed by atoms with van der Waals surface area (Å²) in [6.07, 6.45) is 2.96. The molecule has 0 saturated carbocycles. The smallest absolute Gasteiger partial charge is 0.224 e. The second-order valence-corrected chi connectivity index (χ2v) is 7.37. The number of carbonyl (C=O) groups excluding carboxylic acids is 1. The Balaban J connectivity index is 1.47. The number of likely N-dealkylation sites (tertiary alicyclic amines) is 1. The van der Waals surface area contributed by atoms with E-state index in [1.54, 1.807) is 14.2 Å². The van der Waals surface area contributed by atoms with Gasteiger partial charge < -0.3 is 24.4 Å². The molecule has 0 spiro atoms. The molecule has 1 aromatic carbocycles.